The van der Waals surface area contributed by atoms with Gasteiger partial charge in [0.1, 0.15) is 5.75 Å². The Morgan fingerprint density at radius 2 is 1.91 bits per heavy atom. The summed E-state index contributed by atoms with van der Waals surface area (Å²) in [5.41, 5.74) is 1.71. The maximum Gasteiger partial charge on any atom is 0.253 e. The standard InChI is InChI=1S/C25H30N4O3/c1-27-24(31)21-16-28(15-18-4-3-11-26-14-18)17-22(21)25(27)9-12-29(13-10-25)23(30)19-5-7-20(32-2)8-6-19/h3-8,11,14,21-22H,9-10,12-13,15-17H2,1-2H3/t21-,22+/m0/s1. The van der Waals surface area contributed by atoms with Crippen LogP contribution in [0, 0.1) is 11.8 Å². The van der Waals surface area contributed by atoms with Gasteiger partial charge in [0.25, 0.3) is 5.91 Å². The second-order valence-corrected chi connectivity index (χ2v) is 9.29. The zero-order valence-electron chi connectivity index (χ0n) is 18.7. The quantitative estimate of drug-likeness (QED) is 0.739. The number of carbonyl (C=O) groups excluding carboxylic acids is 2. The molecule has 0 aliphatic carbocycles. The van der Waals surface area contributed by atoms with Crippen LogP contribution < -0.4 is 4.74 Å². The number of ether oxygens (including phenoxy) is 1. The molecule has 1 aromatic heterocycles. The molecule has 0 saturated carbocycles. The van der Waals surface area contributed by atoms with Crippen LogP contribution in [0.1, 0.15) is 28.8 Å². The van der Waals surface area contributed by atoms with Crippen LogP contribution in [0.15, 0.2) is 48.8 Å². The van der Waals surface area contributed by atoms with E-state index in [-0.39, 0.29) is 23.3 Å². The summed E-state index contributed by atoms with van der Waals surface area (Å²) in [5.74, 6) is 1.43. The van der Waals surface area contributed by atoms with Crippen LogP contribution in [-0.4, -0.2) is 77.4 Å². The fourth-order valence-electron chi connectivity index (χ4n) is 6.00. The molecule has 1 spiro atoms. The molecule has 5 rings (SSSR count). The molecular formula is C25H30N4O3. The van der Waals surface area contributed by atoms with Gasteiger partial charge in [0, 0.05) is 63.6 Å². The number of likely N-dealkylation sites (tertiary alicyclic amines) is 3. The Balaban J connectivity index is 1.27. The van der Waals surface area contributed by atoms with E-state index in [4.69, 9.17) is 4.74 Å². The number of rotatable bonds is 4. The largest absolute Gasteiger partial charge is 0.497 e. The maximum atomic E-state index is 13.1. The van der Waals surface area contributed by atoms with Crippen molar-refractivity contribution in [2.24, 2.45) is 11.8 Å². The summed E-state index contributed by atoms with van der Waals surface area (Å²) in [6.45, 7) is 3.90. The van der Waals surface area contributed by atoms with E-state index in [9.17, 15) is 9.59 Å². The lowest BCUT2D eigenvalue weighted by Gasteiger charge is -2.46. The number of nitrogens with zero attached hydrogens (tertiary/aromatic N) is 4. The fraction of sp³-hybridized carbons (Fsp3) is 0.480. The second-order valence-electron chi connectivity index (χ2n) is 9.29. The minimum absolute atomic E-state index is 0.0515. The van der Waals surface area contributed by atoms with Crippen LogP contribution in [0.5, 0.6) is 5.75 Å². The van der Waals surface area contributed by atoms with Crippen molar-refractivity contribution in [3.8, 4) is 5.75 Å². The summed E-state index contributed by atoms with van der Waals surface area (Å²) in [5, 5.41) is 0. The fourth-order valence-corrected chi connectivity index (χ4v) is 6.00. The summed E-state index contributed by atoms with van der Waals surface area (Å²) in [4.78, 5) is 36.7. The molecule has 1 aromatic carbocycles. The number of carbonyl (C=O) groups is 2. The molecule has 0 unspecified atom stereocenters. The number of hydrogen-bond acceptors (Lipinski definition) is 5. The molecule has 2 aromatic rings. The molecule has 168 valence electrons. The Bertz CT molecular complexity index is 986. The molecule has 0 radical (unpaired) electrons. The van der Waals surface area contributed by atoms with E-state index < -0.39 is 0 Å². The SMILES string of the molecule is COc1ccc(C(=O)N2CCC3(CC2)[C@@H]2CN(Cc4cccnc4)C[C@@H]2C(=O)N3C)cc1. The highest BCUT2D eigenvalue weighted by Crippen LogP contribution is 2.49. The highest BCUT2D eigenvalue weighted by atomic mass is 16.5. The number of methoxy groups -OCH3 is 1. The number of fused-ring (bicyclic) bond motifs is 2. The summed E-state index contributed by atoms with van der Waals surface area (Å²) in [6, 6.07) is 11.3. The first-order valence-electron chi connectivity index (χ1n) is 11.3. The number of piperidine rings is 1. The third kappa shape index (κ3) is 3.45. The van der Waals surface area contributed by atoms with Gasteiger partial charge in [-0.25, -0.2) is 0 Å². The van der Waals surface area contributed by atoms with Crippen molar-refractivity contribution in [3.05, 3.63) is 59.9 Å². The normalized spacial score (nSPS) is 24.8. The third-order valence-electron chi connectivity index (χ3n) is 7.78. The number of pyridine rings is 1. The van der Waals surface area contributed by atoms with Gasteiger partial charge in [0.2, 0.25) is 5.91 Å². The zero-order chi connectivity index (χ0) is 22.3. The van der Waals surface area contributed by atoms with E-state index in [2.05, 4.69) is 16.0 Å². The summed E-state index contributed by atoms with van der Waals surface area (Å²) < 4.78 is 5.20. The molecule has 0 bridgehead atoms. The highest BCUT2D eigenvalue weighted by Gasteiger charge is 2.60. The Hall–Kier alpha value is -2.93. The van der Waals surface area contributed by atoms with Crippen molar-refractivity contribution in [2.75, 3.05) is 40.3 Å². The van der Waals surface area contributed by atoms with Crippen molar-refractivity contribution in [1.29, 1.82) is 0 Å². The molecule has 3 aliphatic rings. The van der Waals surface area contributed by atoms with Gasteiger partial charge in [-0.3, -0.25) is 19.5 Å². The van der Waals surface area contributed by atoms with Gasteiger partial charge in [0.15, 0.2) is 0 Å². The predicted molar refractivity (Wildman–Crippen MR) is 120 cm³/mol. The van der Waals surface area contributed by atoms with Crippen LogP contribution in [0.25, 0.3) is 0 Å². The van der Waals surface area contributed by atoms with Gasteiger partial charge >= 0.3 is 0 Å². The van der Waals surface area contributed by atoms with E-state index in [0.29, 0.717) is 24.6 Å². The summed E-state index contributed by atoms with van der Waals surface area (Å²) in [7, 11) is 3.58. The van der Waals surface area contributed by atoms with Crippen molar-refractivity contribution in [1.82, 2.24) is 19.7 Å². The van der Waals surface area contributed by atoms with E-state index in [1.165, 1.54) is 5.56 Å². The van der Waals surface area contributed by atoms with Crippen LogP contribution in [0.2, 0.25) is 0 Å². The average Bonchev–Trinajstić information content (AvgIpc) is 3.34. The van der Waals surface area contributed by atoms with Gasteiger partial charge in [-0.1, -0.05) is 6.07 Å². The molecule has 32 heavy (non-hydrogen) atoms. The van der Waals surface area contributed by atoms with Crippen molar-refractivity contribution in [2.45, 2.75) is 24.9 Å². The highest BCUT2D eigenvalue weighted by molar-refractivity contribution is 5.94. The molecule has 3 fully saturated rings. The lowest BCUT2D eigenvalue weighted by atomic mass is 9.75. The first-order valence-corrected chi connectivity index (χ1v) is 11.3. The summed E-state index contributed by atoms with van der Waals surface area (Å²) >= 11 is 0. The average molecular weight is 435 g/mol. The second kappa shape index (κ2) is 8.20. The number of hydrogen-bond donors (Lipinski definition) is 0. The molecule has 2 amide bonds. The number of aromatic nitrogens is 1. The van der Waals surface area contributed by atoms with Crippen molar-refractivity contribution in [3.63, 3.8) is 0 Å². The molecule has 4 heterocycles. The van der Waals surface area contributed by atoms with E-state index in [1.807, 2.05) is 53.4 Å². The summed E-state index contributed by atoms with van der Waals surface area (Å²) in [6.07, 6.45) is 5.36. The predicted octanol–water partition coefficient (Wildman–Crippen LogP) is 2.29. The van der Waals surface area contributed by atoms with Gasteiger partial charge in [0.05, 0.1) is 18.6 Å². The minimum Gasteiger partial charge on any atom is -0.497 e. The molecule has 7 nitrogen and oxygen atoms in total. The molecular weight excluding hydrogens is 404 g/mol. The number of amides is 2. The molecule has 3 saturated heterocycles. The van der Waals surface area contributed by atoms with Crippen LogP contribution in [-0.2, 0) is 11.3 Å². The molecule has 7 heteroatoms. The molecule has 2 atom stereocenters. The van der Waals surface area contributed by atoms with Gasteiger partial charge in [-0.2, -0.15) is 0 Å². The van der Waals surface area contributed by atoms with E-state index >= 15 is 0 Å². The lowest BCUT2D eigenvalue weighted by molar-refractivity contribution is -0.133. The van der Waals surface area contributed by atoms with Crippen LogP contribution in [0.3, 0.4) is 0 Å². The Labute approximate surface area is 189 Å². The molecule has 3 aliphatic heterocycles. The Morgan fingerprint density at radius 3 is 2.56 bits per heavy atom. The van der Waals surface area contributed by atoms with Crippen LogP contribution in [0.4, 0.5) is 0 Å². The first kappa shape index (κ1) is 20.9. The van der Waals surface area contributed by atoms with Crippen LogP contribution >= 0.6 is 0 Å². The zero-order valence-corrected chi connectivity index (χ0v) is 18.7. The third-order valence-corrected chi connectivity index (χ3v) is 7.78. The molecule has 0 N–H and O–H groups in total. The van der Waals surface area contributed by atoms with Crippen molar-refractivity contribution >= 4 is 11.8 Å². The first-order chi connectivity index (χ1) is 15.5. The van der Waals surface area contributed by atoms with Gasteiger partial charge < -0.3 is 14.5 Å². The Kier molecular flexibility index (Phi) is 5.37. The smallest absolute Gasteiger partial charge is 0.253 e. The maximum absolute atomic E-state index is 13.1. The van der Waals surface area contributed by atoms with E-state index in [0.717, 1.165) is 38.2 Å². The Morgan fingerprint density at radius 1 is 1.16 bits per heavy atom. The monoisotopic (exact) mass is 434 g/mol. The van der Waals surface area contributed by atoms with Crippen molar-refractivity contribution < 1.29 is 14.3 Å². The minimum atomic E-state index is -0.151. The van der Waals surface area contributed by atoms with Gasteiger partial charge in [-0.05, 0) is 48.7 Å². The lowest BCUT2D eigenvalue weighted by Crippen LogP contribution is -2.56. The number of benzene rings is 1. The topological polar surface area (TPSA) is 66.0 Å². The van der Waals surface area contributed by atoms with E-state index in [1.54, 1.807) is 13.3 Å². The van der Waals surface area contributed by atoms with Gasteiger partial charge in [-0.15, -0.1) is 0 Å².